The minimum atomic E-state index is 0.380. The second kappa shape index (κ2) is 4.28. The van der Waals surface area contributed by atoms with Crippen molar-refractivity contribution in [1.29, 1.82) is 0 Å². The lowest BCUT2D eigenvalue weighted by atomic mass is 9.88. The van der Waals surface area contributed by atoms with Gasteiger partial charge in [-0.05, 0) is 32.1 Å². The average molecular weight is 245 g/mol. The first-order chi connectivity index (χ1) is 8.88. The Labute approximate surface area is 107 Å². The predicted octanol–water partition coefficient (Wildman–Crippen LogP) is 1.76. The summed E-state index contributed by atoms with van der Waals surface area (Å²) in [5.74, 6) is 1.42. The van der Waals surface area contributed by atoms with Crippen LogP contribution in [0.2, 0.25) is 0 Å². The molecule has 0 radical (unpaired) electrons. The third kappa shape index (κ3) is 2.04. The molecule has 2 aliphatic heterocycles. The minimum Gasteiger partial charge on any atom is -0.374 e. The molecule has 4 heteroatoms. The number of aromatic nitrogens is 2. The molecule has 3 aliphatic rings. The molecule has 4 nitrogen and oxygen atoms in total. The average Bonchev–Trinajstić information content (AvgIpc) is 3.01. The number of nitrogens with zero attached hydrogens (tertiary/aromatic N) is 2. The van der Waals surface area contributed by atoms with Gasteiger partial charge in [0.1, 0.15) is 5.82 Å². The molecule has 1 saturated carbocycles. The molecule has 3 unspecified atom stereocenters. The van der Waals surface area contributed by atoms with Crippen LogP contribution >= 0.6 is 0 Å². The first-order valence-electron chi connectivity index (χ1n) is 7.08. The second-order valence-corrected chi connectivity index (χ2v) is 5.82. The number of rotatable bonds is 4. The lowest BCUT2D eigenvalue weighted by Crippen LogP contribution is -2.18. The van der Waals surface area contributed by atoms with Crippen molar-refractivity contribution >= 4 is 0 Å². The number of hydrogen-bond donors (Lipinski definition) is 1. The van der Waals surface area contributed by atoms with Crippen molar-refractivity contribution in [3.63, 3.8) is 0 Å². The maximum absolute atomic E-state index is 5.86. The van der Waals surface area contributed by atoms with Crippen molar-refractivity contribution in [2.24, 2.45) is 0 Å². The molecule has 3 atom stereocenters. The Morgan fingerprint density at radius 3 is 2.61 bits per heavy atom. The zero-order valence-electron chi connectivity index (χ0n) is 10.5. The van der Waals surface area contributed by atoms with Crippen molar-refractivity contribution in [2.45, 2.75) is 62.8 Å². The molecule has 18 heavy (non-hydrogen) atoms. The Kier molecular flexibility index (Phi) is 2.59. The molecule has 1 N–H and O–H groups in total. The van der Waals surface area contributed by atoms with E-state index in [2.05, 4.69) is 15.3 Å². The molecule has 3 fully saturated rings. The van der Waals surface area contributed by atoms with Crippen molar-refractivity contribution in [3.8, 4) is 0 Å². The summed E-state index contributed by atoms with van der Waals surface area (Å²) in [6.45, 7) is 0.901. The van der Waals surface area contributed by atoms with E-state index in [9.17, 15) is 0 Å². The monoisotopic (exact) mass is 245 g/mol. The molecule has 3 heterocycles. The summed E-state index contributed by atoms with van der Waals surface area (Å²) < 4.78 is 5.86. The van der Waals surface area contributed by atoms with Crippen molar-refractivity contribution in [2.75, 3.05) is 0 Å². The Hall–Kier alpha value is -1.00. The van der Waals surface area contributed by atoms with Gasteiger partial charge in [0.05, 0.1) is 12.2 Å². The summed E-state index contributed by atoms with van der Waals surface area (Å²) in [4.78, 5) is 9.09. The zero-order chi connectivity index (χ0) is 11.9. The van der Waals surface area contributed by atoms with Gasteiger partial charge in [-0.25, -0.2) is 9.97 Å². The first kappa shape index (κ1) is 10.9. The van der Waals surface area contributed by atoms with Gasteiger partial charge in [0.25, 0.3) is 0 Å². The lowest BCUT2D eigenvalue weighted by Gasteiger charge is -2.16. The maximum Gasteiger partial charge on any atom is 0.133 e. The molecular formula is C14H19N3O. The van der Waals surface area contributed by atoms with Gasteiger partial charge in [0, 0.05) is 36.5 Å². The van der Waals surface area contributed by atoms with Gasteiger partial charge < -0.3 is 10.1 Å². The summed E-state index contributed by atoms with van der Waals surface area (Å²) in [6, 6.07) is 0.739. The van der Waals surface area contributed by atoms with Crippen LogP contribution in [0.3, 0.4) is 0 Å². The number of hydrogen-bond acceptors (Lipinski definition) is 4. The van der Waals surface area contributed by atoms with Gasteiger partial charge in [-0.2, -0.15) is 0 Å². The van der Waals surface area contributed by atoms with E-state index in [-0.39, 0.29) is 0 Å². The molecule has 96 valence electrons. The second-order valence-electron chi connectivity index (χ2n) is 5.82. The van der Waals surface area contributed by atoms with Crippen LogP contribution in [-0.2, 0) is 11.3 Å². The Morgan fingerprint density at radius 2 is 2.00 bits per heavy atom. The van der Waals surface area contributed by atoms with E-state index in [0.29, 0.717) is 18.1 Å². The third-order valence-corrected chi connectivity index (χ3v) is 4.34. The highest BCUT2D eigenvalue weighted by Crippen LogP contribution is 2.43. The van der Waals surface area contributed by atoms with E-state index >= 15 is 0 Å². The summed E-state index contributed by atoms with van der Waals surface area (Å²) in [6.07, 6.45) is 11.0. The van der Waals surface area contributed by atoms with Gasteiger partial charge >= 0.3 is 0 Å². The molecule has 0 spiro atoms. The van der Waals surface area contributed by atoms with E-state index in [1.165, 1.54) is 31.2 Å². The Balaban J connectivity index is 1.42. The minimum absolute atomic E-state index is 0.380. The topological polar surface area (TPSA) is 47.0 Å². The zero-order valence-corrected chi connectivity index (χ0v) is 10.5. The highest BCUT2D eigenvalue weighted by Gasteiger charge is 2.42. The summed E-state index contributed by atoms with van der Waals surface area (Å²) >= 11 is 0. The van der Waals surface area contributed by atoms with E-state index in [1.807, 2.05) is 12.4 Å². The quantitative estimate of drug-likeness (QED) is 0.878. The summed E-state index contributed by atoms with van der Waals surface area (Å²) in [7, 11) is 0. The normalized spacial score (nSPS) is 34.1. The molecule has 1 aromatic heterocycles. The van der Waals surface area contributed by atoms with Gasteiger partial charge in [0.15, 0.2) is 0 Å². The fourth-order valence-corrected chi connectivity index (χ4v) is 3.11. The third-order valence-electron chi connectivity index (χ3n) is 4.34. The van der Waals surface area contributed by atoms with Crippen LogP contribution in [0, 0.1) is 0 Å². The van der Waals surface area contributed by atoms with Crippen LogP contribution in [0.4, 0.5) is 0 Å². The molecule has 0 amide bonds. The fraction of sp³-hybridized carbons (Fsp3) is 0.714. The maximum atomic E-state index is 5.86. The first-order valence-corrected chi connectivity index (χ1v) is 7.08. The van der Waals surface area contributed by atoms with E-state index in [1.54, 1.807) is 0 Å². The van der Waals surface area contributed by atoms with Gasteiger partial charge in [0.2, 0.25) is 0 Å². The molecule has 4 rings (SSSR count). The van der Waals surface area contributed by atoms with Crippen molar-refractivity contribution in [1.82, 2.24) is 15.3 Å². The standard InChI is InChI=1S/C14H19N3O/c1-2-10(1)15-6-9-7-16-14(17-8-9)12-5-11-3-4-13(12)18-11/h7-8,10-13,15H,1-6H2. The lowest BCUT2D eigenvalue weighted by molar-refractivity contribution is 0.0998. The number of fused-ring (bicyclic) bond motifs is 2. The van der Waals surface area contributed by atoms with E-state index in [0.717, 1.165) is 24.8 Å². The van der Waals surface area contributed by atoms with E-state index < -0.39 is 0 Å². The molecule has 2 saturated heterocycles. The van der Waals surface area contributed by atoms with Crippen LogP contribution < -0.4 is 5.32 Å². The largest absolute Gasteiger partial charge is 0.374 e. The highest BCUT2D eigenvalue weighted by atomic mass is 16.5. The summed E-state index contributed by atoms with van der Waals surface area (Å²) in [5, 5.41) is 3.48. The molecular weight excluding hydrogens is 226 g/mol. The predicted molar refractivity (Wildman–Crippen MR) is 67.1 cm³/mol. The van der Waals surface area contributed by atoms with Crippen LogP contribution in [0.25, 0.3) is 0 Å². The van der Waals surface area contributed by atoms with Gasteiger partial charge in [-0.15, -0.1) is 0 Å². The van der Waals surface area contributed by atoms with Gasteiger partial charge in [-0.1, -0.05) is 0 Å². The smallest absolute Gasteiger partial charge is 0.133 e. The van der Waals surface area contributed by atoms with Gasteiger partial charge in [-0.3, -0.25) is 0 Å². The molecule has 1 aliphatic carbocycles. The van der Waals surface area contributed by atoms with Crippen molar-refractivity contribution < 1.29 is 4.74 Å². The van der Waals surface area contributed by atoms with Crippen LogP contribution in [-0.4, -0.2) is 28.2 Å². The SMILES string of the molecule is c1nc(C2CC3CCC2O3)ncc1CNC1CC1. The van der Waals surface area contributed by atoms with E-state index in [4.69, 9.17) is 4.74 Å². The molecule has 1 aromatic rings. The Bertz CT molecular complexity index is 429. The molecule has 2 bridgehead atoms. The summed E-state index contributed by atoms with van der Waals surface area (Å²) in [5.41, 5.74) is 1.19. The van der Waals surface area contributed by atoms with Crippen LogP contribution in [0.1, 0.15) is 49.4 Å². The Morgan fingerprint density at radius 1 is 1.17 bits per heavy atom. The highest BCUT2D eigenvalue weighted by molar-refractivity contribution is 5.12. The number of nitrogens with one attached hydrogen (secondary N) is 1. The molecule has 0 aromatic carbocycles. The fourth-order valence-electron chi connectivity index (χ4n) is 3.11. The van der Waals surface area contributed by atoms with Crippen LogP contribution in [0.15, 0.2) is 12.4 Å². The van der Waals surface area contributed by atoms with Crippen molar-refractivity contribution in [3.05, 3.63) is 23.8 Å². The van der Waals surface area contributed by atoms with Crippen LogP contribution in [0.5, 0.6) is 0 Å². The number of ether oxygens (including phenoxy) is 1.